The van der Waals surface area contributed by atoms with Gasteiger partial charge < -0.3 is 10.5 Å². The molecule has 0 saturated heterocycles. The number of benzene rings is 2. The number of nitriles is 1. The van der Waals surface area contributed by atoms with Gasteiger partial charge in [0.1, 0.15) is 11.6 Å². The van der Waals surface area contributed by atoms with Gasteiger partial charge in [-0.05, 0) is 24.3 Å². The highest BCUT2D eigenvalue weighted by molar-refractivity contribution is 6.31. The second kappa shape index (κ2) is 6.48. The molecule has 2 aromatic rings. The van der Waals surface area contributed by atoms with Gasteiger partial charge in [0.05, 0.1) is 11.5 Å². The van der Waals surface area contributed by atoms with Crippen LogP contribution < -0.4 is 5.73 Å². The van der Waals surface area contributed by atoms with Crippen LogP contribution in [-0.2, 0) is 4.74 Å². The van der Waals surface area contributed by atoms with E-state index < -0.39 is 23.3 Å². The van der Waals surface area contributed by atoms with E-state index in [1.54, 1.807) is 12.1 Å². The van der Waals surface area contributed by atoms with E-state index in [-0.39, 0.29) is 39.5 Å². The molecule has 1 atom stereocenters. The molecule has 1 unspecified atom stereocenters. The minimum atomic E-state index is -1.33. The molecule has 2 aliphatic rings. The average molecular weight is 391 g/mol. The molecule has 0 spiro atoms. The zero-order chi connectivity index (χ0) is 20.0. The first-order valence-corrected chi connectivity index (χ1v) is 8.61. The number of fused-ring (bicyclic) bond motifs is 1. The number of ether oxygens (including phenoxy) is 1. The fourth-order valence-corrected chi connectivity index (χ4v) is 3.48. The molecule has 0 bridgehead atoms. The molecule has 0 saturated carbocycles. The number of allylic oxidation sites excluding steroid dienone is 3. The number of carbonyl (C=O) groups is 3. The van der Waals surface area contributed by atoms with Crippen molar-refractivity contribution in [2.24, 2.45) is 11.7 Å². The summed E-state index contributed by atoms with van der Waals surface area (Å²) in [5.74, 6) is -3.66. The highest BCUT2D eigenvalue weighted by atomic mass is 35.5. The highest BCUT2D eigenvalue weighted by Crippen LogP contribution is 2.40. The van der Waals surface area contributed by atoms with Gasteiger partial charge in [-0.1, -0.05) is 35.9 Å². The van der Waals surface area contributed by atoms with Crippen molar-refractivity contribution in [2.45, 2.75) is 0 Å². The zero-order valence-corrected chi connectivity index (χ0v) is 15.0. The van der Waals surface area contributed by atoms with Crippen molar-refractivity contribution in [3.8, 4) is 6.07 Å². The Labute approximate surface area is 164 Å². The van der Waals surface area contributed by atoms with Crippen molar-refractivity contribution in [2.75, 3.05) is 0 Å². The fraction of sp³-hybridized carbons (Fsp3) is 0.0476. The molecule has 0 fully saturated rings. The Balaban J connectivity index is 1.92. The molecule has 28 heavy (non-hydrogen) atoms. The van der Waals surface area contributed by atoms with Gasteiger partial charge in [-0.2, -0.15) is 5.26 Å². The number of carbonyl (C=O) groups excluding carboxylic acids is 3. The Hall–Kier alpha value is -3.69. The first-order chi connectivity index (χ1) is 13.4. The molecular formula is C21H11ClN2O4. The van der Waals surface area contributed by atoms with E-state index in [2.05, 4.69) is 0 Å². The SMILES string of the molecule is N#CC1=C(N)OC2=C(C(=O)c3ccccc3C2=O)C1C(=O)c1ccc(Cl)cc1. The summed E-state index contributed by atoms with van der Waals surface area (Å²) in [5.41, 5.74) is 5.98. The number of hydrogen-bond donors (Lipinski definition) is 1. The summed E-state index contributed by atoms with van der Waals surface area (Å²) in [6.45, 7) is 0. The van der Waals surface area contributed by atoms with Crippen molar-refractivity contribution in [1.82, 2.24) is 0 Å². The van der Waals surface area contributed by atoms with E-state index in [9.17, 15) is 19.6 Å². The van der Waals surface area contributed by atoms with Crippen LogP contribution in [0.3, 0.4) is 0 Å². The smallest absolute Gasteiger partial charge is 0.229 e. The first-order valence-electron chi connectivity index (χ1n) is 8.24. The van der Waals surface area contributed by atoms with E-state index in [1.165, 1.54) is 36.4 Å². The number of rotatable bonds is 2. The van der Waals surface area contributed by atoms with Crippen LogP contribution in [0, 0.1) is 17.2 Å². The molecule has 1 aliphatic carbocycles. The lowest BCUT2D eigenvalue weighted by molar-refractivity contribution is 0.0853. The van der Waals surface area contributed by atoms with Crippen molar-refractivity contribution in [1.29, 1.82) is 5.26 Å². The van der Waals surface area contributed by atoms with Gasteiger partial charge in [0.15, 0.2) is 17.3 Å². The van der Waals surface area contributed by atoms with E-state index in [1.807, 2.05) is 6.07 Å². The van der Waals surface area contributed by atoms with E-state index in [0.717, 1.165) is 0 Å². The molecule has 4 rings (SSSR count). The Morgan fingerprint density at radius 2 is 1.64 bits per heavy atom. The third kappa shape index (κ3) is 2.53. The molecule has 2 N–H and O–H groups in total. The maximum atomic E-state index is 13.2. The quantitative estimate of drug-likeness (QED) is 0.788. The van der Waals surface area contributed by atoms with Crippen LogP contribution >= 0.6 is 11.6 Å². The molecule has 1 heterocycles. The molecule has 1 aliphatic heterocycles. The molecule has 6 nitrogen and oxygen atoms in total. The number of Topliss-reactive ketones (excluding diaryl/α,β-unsaturated/α-hetero) is 3. The number of hydrogen-bond acceptors (Lipinski definition) is 6. The van der Waals surface area contributed by atoms with Gasteiger partial charge in [-0.3, -0.25) is 14.4 Å². The normalized spacial score (nSPS) is 18.2. The van der Waals surface area contributed by atoms with E-state index in [4.69, 9.17) is 22.1 Å². The highest BCUT2D eigenvalue weighted by Gasteiger charge is 2.46. The topological polar surface area (TPSA) is 110 Å². The summed E-state index contributed by atoms with van der Waals surface area (Å²) in [6.07, 6.45) is 0. The lowest BCUT2D eigenvalue weighted by atomic mass is 9.75. The van der Waals surface area contributed by atoms with Crippen molar-refractivity contribution >= 4 is 29.0 Å². The Bertz CT molecular complexity index is 1170. The minimum Gasteiger partial charge on any atom is -0.436 e. The van der Waals surface area contributed by atoms with Crippen molar-refractivity contribution in [3.05, 3.63) is 93.0 Å². The first kappa shape index (κ1) is 17.7. The summed E-state index contributed by atoms with van der Waals surface area (Å²) in [6, 6.07) is 14.1. The van der Waals surface area contributed by atoms with Crippen LogP contribution in [0.1, 0.15) is 31.1 Å². The maximum Gasteiger partial charge on any atom is 0.229 e. The maximum absolute atomic E-state index is 13.2. The van der Waals surface area contributed by atoms with Crippen LogP contribution in [0.4, 0.5) is 0 Å². The number of halogens is 1. The fourth-order valence-electron chi connectivity index (χ4n) is 3.35. The lowest BCUT2D eigenvalue weighted by Crippen LogP contribution is -2.36. The predicted octanol–water partition coefficient (Wildman–Crippen LogP) is 3.20. The Morgan fingerprint density at radius 1 is 1.04 bits per heavy atom. The van der Waals surface area contributed by atoms with E-state index in [0.29, 0.717) is 5.02 Å². The molecule has 0 amide bonds. The summed E-state index contributed by atoms with van der Waals surface area (Å²) in [4.78, 5) is 39.2. The summed E-state index contributed by atoms with van der Waals surface area (Å²) in [5, 5.41) is 9.98. The largest absolute Gasteiger partial charge is 0.436 e. The van der Waals surface area contributed by atoms with Gasteiger partial charge in [-0.25, -0.2) is 0 Å². The standard InChI is InChI=1S/C21H11ClN2O4/c22-11-7-5-10(6-8-11)17(25)15-14(9-23)21(24)28-20-16(15)18(26)12-3-1-2-4-13(12)19(20)27/h1-8,15H,24H2. The predicted molar refractivity (Wildman–Crippen MR) is 99.3 cm³/mol. The molecule has 136 valence electrons. The molecular weight excluding hydrogens is 380 g/mol. The average Bonchev–Trinajstić information content (AvgIpc) is 2.71. The van der Waals surface area contributed by atoms with Crippen LogP contribution in [0.2, 0.25) is 5.02 Å². The molecule has 2 aromatic carbocycles. The second-order valence-electron chi connectivity index (χ2n) is 6.24. The van der Waals surface area contributed by atoms with Gasteiger partial charge in [0.2, 0.25) is 11.7 Å². The lowest BCUT2D eigenvalue weighted by Gasteiger charge is -2.29. The Morgan fingerprint density at radius 3 is 2.25 bits per heavy atom. The third-order valence-electron chi connectivity index (χ3n) is 4.68. The van der Waals surface area contributed by atoms with Gasteiger partial charge in [0.25, 0.3) is 0 Å². The van der Waals surface area contributed by atoms with Crippen LogP contribution in [-0.4, -0.2) is 17.3 Å². The van der Waals surface area contributed by atoms with Gasteiger partial charge in [0, 0.05) is 21.7 Å². The van der Waals surface area contributed by atoms with Gasteiger partial charge >= 0.3 is 0 Å². The number of nitrogens with zero attached hydrogens (tertiary/aromatic N) is 1. The van der Waals surface area contributed by atoms with Crippen LogP contribution in [0.25, 0.3) is 0 Å². The summed E-state index contributed by atoms with van der Waals surface area (Å²) in [7, 11) is 0. The molecule has 0 radical (unpaired) electrons. The second-order valence-corrected chi connectivity index (χ2v) is 6.68. The third-order valence-corrected chi connectivity index (χ3v) is 4.93. The van der Waals surface area contributed by atoms with Crippen LogP contribution in [0.15, 0.2) is 71.3 Å². The zero-order valence-electron chi connectivity index (χ0n) is 14.2. The summed E-state index contributed by atoms with van der Waals surface area (Å²) >= 11 is 5.87. The molecule has 7 heteroatoms. The number of nitrogens with two attached hydrogens (primary N) is 1. The Kier molecular flexibility index (Phi) is 4.10. The van der Waals surface area contributed by atoms with Crippen molar-refractivity contribution in [3.63, 3.8) is 0 Å². The van der Waals surface area contributed by atoms with Gasteiger partial charge in [-0.15, -0.1) is 0 Å². The monoisotopic (exact) mass is 390 g/mol. The van der Waals surface area contributed by atoms with Crippen LogP contribution in [0.5, 0.6) is 0 Å². The minimum absolute atomic E-state index is 0.154. The number of ketones is 3. The van der Waals surface area contributed by atoms with E-state index >= 15 is 0 Å². The molecule has 0 aromatic heterocycles. The summed E-state index contributed by atoms with van der Waals surface area (Å²) < 4.78 is 5.34. The van der Waals surface area contributed by atoms with Crippen molar-refractivity contribution < 1.29 is 19.1 Å².